The van der Waals surface area contributed by atoms with E-state index in [0.717, 1.165) is 33.9 Å². The van der Waals surface area contributed by atoms with Crippen LogP contribution in [0.25, 0.3) is 11.0 Å². The van der Waals surface area contributed by atoms with E-state index < -0.39 is 0 Å². The quantitative estimate of drug-likeness (QED) is 0.526. The Labute approximate surface area is 168 Å². The summed E-state index contributed by atoms with van der Waals surface area (Å²) < 4.78 is 0. The van der Waals surface area contributed by atoms with Crippen LogP contribution in [0.2, 0.25) is 0 Å². The number of amides is 1. The van der Waals surface area contributed by atoms with Crippen molar-refractivity contribution in [3.05, 3.63) is 59.9 Å². The highest BCUT2D eigenvalue weighted by Gasteiger charge is 2.22. The summed E-state index contributed by atoms with van der Waals surface area (Å²) in [5, 5.41) is 3.02. The van der Waals surface area contributed by atoms with E-state index in [2.05, 4.69) is 52.7 Å². The standard InChI is InChI=1S/C21H25N3OS2/c1-14-8-10-16(11-9-14)27-15(2)21(25)24-19(12-13-26-3)20-22-17-6-4-5-7-18(17)23-20/h4-11,15,19H,12-13H2,1-3H3,(H,22,23)(H,24,25). The Morgan fingerprint density at radius 1 is 1.19 bits per heavy atom. The molecule has 3 aromatic rings. The number of hydrogen-bond acceptors (Lipinski definition) is 4. The van der Waals surface area contributed by atoms with Crippen LogP contribution in [0.1, 0.15) is 30.8 Å². The third-order valence-corrected chi connectivity index (χ3v) is 6.12. The molecule has 0 saturated heterocycles. The number of fused-ring (bicyclic) bond motifs is 1. The molecule has 27 heavy (non-hydrogen) atoms. The Balaban J connectivity index is 1.70. The van der Waals surface area contributed by atoms with Crippen molar-refractivity contribution in [3.8, 4) is 0 Å². The summed E-state index contributed by atoms with van der Waals surface area (Å²) in [7, 11) is 0. The number of aromatic amines is 1. The summed E-state index contributed by atoms with van der Waals surface area (Å²) >= 11 is 3.35. The molecule has 1 heterocycles. The van der Waals surface area contributed by atoms with Gasteiger partial charge in [-0.1, -0.05) is 29.8 Å². The Bertz CT molecular complexity index is 859. The maximum absolute atomic E-state index is 12.8. The molecular formula is C21H25N3OS2. The molecule has 2 unspecified atom stereocenters. The molecule has 1 amide bonds. The number of rotatable bonds is 8. The lowest BCUT2D eigenvalue weighted by molar-refractivity contribution is -0.121. The number of nitrogens with zero attached hydrogens (tertiary/aromatic N) is 1. The van der Waals surface area contributed by atoms with Crippen LogP contribution in [0.3, 0.4) is 0 Å². The van der Waals surface area contributed by atoms with E-state index in [1.54, 1.807) is 23.5 Å². The predicted octanol–water partition coefficient (Wildman–Crippen LogP) is 4.96. The van der Waals surface area contributed by atoms with Crippen molar-refractivity contribution in [2.45, 2.75) is 36.5 Å². The van der Waals surface area contributed by atoms with E-state index >= 15 is 0 Å². The lowest BCUT2D eigenvalue weighted by Crippen LogP contribution is -2.35. The molecule has 2 N–H and O–H groups in total. The van der Waals surface area contributed by atoms with Crippen LogP contribution in [0.4, 0.5) is 0 Å². The lowest BCUT2D eigenvalue weighted by Gasteiger charge is -2.19. The minimum atomic E-state index is -0.172. The Hall–Kier alpha value is -1.92. The van der Waals surface area contributed by atoms with Gasteiger partial charge >= 0.3 is 0 Å². The van der Waals surface area contributed by atoms with Crippen LogP contribution in [0.5, 0.6) is 0 Å². The van der Waals surface area contributed by atoms with Gasteiger partial charge in [-0.2, -0.15) is 11.8 Å². The number of benzene rings is 2. The van der Waals surface area contributed by atoms with Gasteiger partial charge in [0.25, 0.3) is 0 Å². The van der Waals surface area contributed by atoms with Gasteiger partial charge in [-0.05, 0) is 56.5 Å². The van der Waals surface area contributed by atoms with Crippen molar-refractivity contribution in [2.75, 3.05) is 12.0 Å². The molecule has 2 aromatic carbocycles. The molecule has 6 heteroatoms. The third-order valence-electron chi connectivity index (χ3n) is 4.37. The largest absolute Gasteiger partial charge is 0.345 e. The van der Waals surface area contributed by atoms with E-state index in [1.165, 1.54) is 5.56 Å². The summed E-state index contributed by atoms with van der Waals surface area (Å²) in [4.78, 5) is 21.9. The molecule has 0 aliphatic rings. The number of imidazole rings is 1. The SMILES string of the molecule is CSCCC(NC(=O)C(C)Sc1ccc(C)cc1)c1nc2ccccc2[nH]1. The first-order valence-electron chi connectivity index (χ1n) is 9.04. The first-order chi connectivity index (χ1) is 13.1. The van der Waals surface area contributed by atoms with Crippen LogP contribution in [0, 0.1) is 6.92 Å². The summed E-state index contributed by atoms with van der Waals surface area (Å²) in [6, 6.07) is 16.1. The summed E-state index contributed by atoms with van der Waals surface area (Å²) in [5.74, 6) is 1.82. The number of carbonyl (C=O) groups excluding carboxylic acids is 1. The number of H-pyrrole nitrogens is 1. The van der Waals surface area contributed by atoms with Crippen LogP contribution in [-0.4, -0.2) is 33.1 Å². The molecule has 0 bridgehead atoms. The van der Waals surface area contributed by atoms with Gasteiger partial charge in [0.2, 0.25) is 5.91 Å². The van der Waals surface area contributed by atoms with E-state index in [9.17, 15) is 4.79 Å². The number of thioether (sulfide) groups is 2. The number of carbonyl (C=O) groups is 1. The fourth-order valence-electron chi connectivity index (χ4n) is 2.81. The number of aryl methyl sites for hydroxylation is 1. The van der Waals surface area contributed by atoms with Gasteiger partial charge in [-0.3, -0.25) is 4.79 Å². The smallest absolute Gasteiger partial charge is 0.233 e. The minimum absolute atomic E-state index is 0.0344. The highest BCUT2D eigenvalue weighted by molar-refractivity contribution is 8.00. The first kappa shape index (κ1) is 19.8. The first-order valence-corrected chi connectivity index (χ1v) is 11.3. The summed E-state index contributed by atoms with van der Waals surface area (Å²) in [5.41, 5.74) is 3.15. The molecule has 2 atom stereocenters. The van der Waals surface area contributed by atoms with Gasteiger partial charge in [0.05, 0.1) is 22.3 Å². The molecule has 1 aromatic heterocycles. The van der Waals surface area contributed by atoms with E-state index in [1.807, 2.05) is 31.2 Å². The normalized spacial score (nSPS) is 13.4. The van der Waals surface area contributed by atoms with Gasteiger partial charge in [-0.15, -0.1) is 11.8 Å². The van der Waals surface area contributed by atoms with Gasteiger partial charge in [0.1, 0.15) is 5.82 Å². The fourth-order valence-corrected chi connectivity index (χ4v) is 4.16. The maximum atomic E-state index is 12.8. The molecule has 142 valence electrons. The zero-order valence-electron chi connectivity index (χ0n) is 15.9. The summed E-state index contributed by atoms with van der Waals surface area (Å²) in [6.07, 6.45) is 2.92. The van der Waals surface area contributed by atoms with E-state index in [-0.39, 0.29) is 17.2 Å². The van der Waals surface area contributed by atoms with Crippen LogP contribution in [-0.2, 0) is 4.79 Å². The second kappa shape index (κ2) is 9.33. The molecule has 0 fully saturated rings. The number of para-hydroxylation sites is 2. The van der Waals surface area contributed by atoms with Gasteiger partial charge in [0, 0.05) is 4.90 Å². The average molecular weight is 400 g/mol. The molecular weight excluding hydrogens is 374 g/mol. The molecule has 0 radical (unpaired) electrons. The predicted molar refractivity (Wildman–Crippen MR) is 116 cm³/mol. The van der Waals surface area contributed by atoms with Gasteiger partial charge in [-0.25, -0.2) is 4.98 Å². The Morgan fingerprint density at radius 2 is 1.93 bits per heavy atom. The Morgan fingerprint density at radius 3 is 2.63 bits per heavy atom. The second-order valence-corrected chi connectivity index (χ2v) is 8.95. The lowest BCUT2D eigenvalue weighted by atomic mass is 10.2. The van der Waals surface area contributed by atoms with Crippen LogP contribution < -0.4 is 5.32 Å². The van der Waals surface area contributed by atoms with Crippen LogP contribution >= 0.6 is 23.5 Å². The highest BCUT2D eigenvalue weighted by atomic mass is 32.2. The zero-order chi connectivity index (χ0) is 19.2. The Kier molecular flexibility index (Phi) is 6.85. The number of nitrogens with one attached hydrogen (secondary N) is 2. The van der Waals surface area contributed by atoms with Crippen molar-refractivity contribution in [1.82, 2.24) is 15.3 Å². The van der Waals surface area contributed by atoms with Crippen LogP contribution in [0.15, 0.2) is 53.4 Å². The topological polar surface area (TPSA) is 57.8 Å². The highest BCUT2D eigenvalue weighted by Crippen LogP contribution is 2.25. The molecule has 3 rings (SSSR count). The van der Waals surface area contributed by atoms with Gasteiger partial charge < -0.3 is 10.3 Å². The third kappa shape index (κ3) is 5.30. The van der Waals surface area contributed by atoms with Crippen molar-refractivity contribution in [3.63, 3.8) is 0 Å². The molecule has 0 spiro atoms. The minimum Gasteiger partial charge on any atom is -0.345 e. The molecule has 0 saturated carbocycles. The summed E-state index contributed by atoms with van der Waals surface area (Å²) in [6.45, 7) is 4.01. The van der Waals surface area contributed by atoms with Gasteiger partial charge in [0.15, 0.2) is 0 Å². The number of aromatic nitrogens is 2. The van der Waals surface area contributed by atoms with E-state index in [4.69, 9.17) is 0 Å². The monoisotopic (exact) mass is 399 g/mol. The van der Waals surface area contributed by atoms with Crippen molar-refractivity contribution in [1.29, 1.82) is 0 Å². The molecule has 0 aliphatic heterocycles. The van der Waals surface area contributed by atoms with Crippen molar-refractivity contribution in [2.24, 2.45) is 0 Å². The zero-order valence-corrected chi connectivity index (χ0v) is 17.5. The van der Waals surface area contributed by atoms with Crippen molar-refractivity contribution < 1.29 is 4.79 Å². The molecule has 0 aliphatic carbocycles. The number of hydrogen-bond donors (Lipinski definition) is 2. The fraction of sp³-hybridized carbons (Fsp3) is 0.333. The maximum Gasteiger partial charge on any atom is 0.233 e. The second-order valence-electron chi connectivity index (χ2n) is 6.55. The van der Waals surface area contributed by atoms with E-state index in [0.29, 0.717) is 0 Å². The molecule has 4 nitrogen and oxygen atoms in total. The average Bonchev–Trinajstić information content (AvgIpc) is 3.10. The van der Waals surface area contributed by atoms with Crippen molar-refractivity contribution >= 4 is 40.5 Å².